The molecule has 2 aromatic carbocycles. The number of benzene rings is 2. The highest BCUT2D eigenvalue weighted by Crippen LogP contribution is 2.60. The lowest BCUT2D eigenvalue weighted by atomic mass is 9.77. The third kappa shape index (κ3) is 3.64. The van der Waals surface area contributed by atoms with Crippen LogP contribution in [-0.4, -0.2) is 30.2 Å². The van der Waals surface area contributed by atoms with Crippen LogP contribution < -0.4 is 0 Å². The highest BCUT2D eigenvalue weighted by Gasteiger charge is 2.58. The molecule has 1 heterocycles. The average molecular weight is 453 g/mol. The van der Waals surface area contributed by atoms with E-state index in [4.69, 9.17) is 25.8 Å². The van der Waals surface area contributed by atoms with E-state index < -0.39 is 5.79 Å². The molecule has 0 amide bonds. The molecule has 0 aromatic heterocycles. The number of allylic oxidation sites excluding steroid dienone is 1. The Hall–Kier alpha value is -2.27. The third-order valence-electron chi connectivity index (χ3n) is 6.92. The molecule has 32 heavy (non-hydrogen) atoms. The number of halogens is 1. The van der Waals surface area contributed by atoms with Gasteiger partial charge in [0.15, 0.2) is 5.79 Å². The molecule has 1 fully saturated rings. The second-order valence-electron chi connectivity index (χ2n) is 8.73. The first-order valence-corrected chi connectivity index (χ1v) is 11.8. The molecule has 5 rings (SSSR count). The fraction of sp³-hybridized carbons (Fsp3) is 0.407. The van der Waals surface area contributed by atoms with Crippen LogP contribution in [0.1, 0.15) is 49.7 Å². The van der Waals surface area contributed by atoms with Crippen LogP contribution >= 0.6 is 11.6 Å². The fourth-order valence-corrected chi connectivity index (χ4v) is 5.87. The summed E-state index contributed by atoms with van der Waals surface area (Å²) in [7, 11) is 0. The Balaban J connectivity index is 1.61. The Morgan fingerprint density at radius 3 is 2.41 bits per heavy atom. The van der Waals surface area contributed by atoms with Crippen molar-refractivity contribution in [3.63, 3.8) is 0 Å². The van der Waals surface area contributed by atoms with Gasteiger partial charge in [-0.3, -0.25) is 0 Å². The van der Waals surface area contributed by atoms with Gasteiger partial charge in [-0.05, 0) is 49.4 Å². The number of rotatable bonds is 6. The van der Waals surface area contributed by atoms with E-state index in [-0.39, 0.29) is 23.9 Å². The van der Waals surface area contributed by atoms with Gasteiger partial charge < -0.3 is 19.3 Å². The molecular weight excluding hydrogens is 424 g/mol. The summed E-state index contributed by atoms with van der Waals surface area (Å²) in [6.45, 7) is 4.78. The number of hydrogen-bond acceptors (Lipinski definition) is 4. The predicted molar refractivity (Wildman–Crippen MR) is 124 cm³/mol. The zero-order chi connectivity index (χ0) is 22.3. The molecule has 5 heteroatoms. The lowest BCUT2D eigenvalue weighted by Gasteiger charge is -2.36. The van der Waals surface area contributed by atoms with Gasteiger partial charge in [-0.25, -0.2) is 0 Å². The molecule has 1 saturated carbocycles. The van der Waals surface area contributed by atoms with Crippen molar-refractivity contribution in [3.05, 3.63) is 93.9 Å². The minimum absolute atomic E-state index is 0.00681. The number of ether oxygens (including phenoxy) is 3. The van der Waals surface area contributed by atoms with Crippen molar-refractivity contribution in [1.29, 1.82) is 0 Å². The van der Waals surface area contributed by atoms with Gasteiger partial charge in [-0.2, -0.15) is 0 Å². The maximum atomic E-state index is 11.7. The molecule has 0 spiro atoms. The van der Waals surface area contributed by atoms with Gasteiger partial charge >= 0.3 is 0 Å². The predicted octanol–water partition coefficient (Wildman–Crippen LogP) is 5.93. The molecule has 4 nitrogen and oxygen atoms in total. The summed E-state index contributed by atoms with van der Waals surface area (Å²) < 4.78 is 18.4. The zero-order valence-electron chi connectivity index (χ0n) is 18.5. The first-order valence-electron chi connectivity index (χ1n) is 11.5. The Bertz CT molecular complexity index is 1030. The van der Waals surface area contributed by atoms with Crippen molar-refractivity contribution in [2.75, 3.05) is 13.2 Å². The van der Waals surface area contributed by atoms with E-state index in [2.05, 4.69) is 36.4 Å². The van der Waals surface area contributed by atoms with Crippen LogP contribution in [0.2, 0.25) is 5.02 Å². The Morgan fingerprint density at radius 1 is 1.00 bits per heavy atom. The van der Waals surface area contributed by atoms with Crippen LogP contribution in [0.25, 0.3) is 0 Å². The maximum absolute atomic E-state index is 11.7. The average Bonchev–Trinajstić information content (AvgIpc) is 3.33. The van der Waals surface area contributed by atoms with Crippen LogP contribution in [0, 0.1) is 5.92 Å². The minimum Gasteiger partial charge on any atom is -0.498 e. The van der Waals surface area contributed by atoms with E-state index in [0.29, 0.717) is 31.2 Å². The van der Waals surface area contributed by atoms with Gasteiger partial charge in [0.1, 0.15) is 17.6 Å². The van der Waals surface area contributed by atoms with E-state index in [1.54, 1.807) is 0 Å². The minimum atomic E-state index is -1.43. The van der Waals surface area contributed by atoms with Gasteiger partial charge in [0, 0.05) is 35.1 Å². The van der Waals surface area contributed by atoms with Crippen LogP contribution in [0.4, 0.5) is 0 Å². The standard InChI is InChI=1S/C27H29ClO4/c1-3-30-20-14-23-25(27(29,16-20)31-4-2)24-21(18-10-12-19(28)13-11-18)15-22(26(24)32-23)17-8-6-5-7-9-17/h5-14,21-22,24,26,29H,3-4,15-16H2,1-2H3. The molecule has 3 aliphatic rings. The van der Waals surface area contributed by atoms with Crippen LogP contribution in [0.3, 0.4) is 0 Å². The van der Waals surface area contributed by atoms with Crippen molar-refractivity contribution in [2.45, 2.75) is 50.4 Å². The summed E-state index contributed by atoms with van der Waals surface area (Å²) in [5, 5.41) is 12.5. The highest BCUT2D eigenvalue weighted by atomic mass is 35.5. The van der Waals surface area contributed by atoms with Crippen molar-refractivity contribution in [2.24, 2.45) is 5.92 Å². The Morgan fingerprint density at radius 2 is 1.72 bits per heavy atom. The van der Waals surface area contributed by atoms with E-state index in [9.17, 15) is 5.11 Å². The topological polar surface area (TPSA) is 47.9 Å². The van der Waals surface area contributed by atoms with E-state index in [1.807, 2.05) is 38.1 Å². The molecule has 0 radical (unpaired) electrons. The first-order chi connectivity index (χ1) is 15.5. The van der Waals surface area contributed by atoms with E-state index in [1.165, 1.54) is 11.1 Å². The van der Waals surface area contributed by atoms with Gasteiger partial charge in [-0.15, -0.1) is 0 Å². The normalized spacial score (nSPS) is 31.1. The number of hydrogen-bond donors (Lipinski definition) is 1. The van der Waals surface area contributed by atoms with Gasteiger partial charge in [0.25, 0.3) is 0 Å². The summed E-state index contributed by atoms with van der Waals surface area (Å²) in [5.74, 6) is 0.365. The highest BCUT2D eigenvalue weighted by molar-refractivity contribution is 6.30. The van der Waals surface area contributed by atoms with Crippen LogP contribution in [0.5, 0.6) is 0 Å². The molecule has 5 atom stereocenters. The number of fused-ring (bicyclic) bond motifs is 2. The summed E-state index contributed by atoms with van der Waals surface area (Å²) >= 11 is 6.18. The lowest BCUT2D eigenvalue weighted by Crippen LogP contribution is -2.41. The summed E-state index contributed by atoms with van der Waals surface area (Å²) in [4.78, 5) is 0. The van der Waals surface area contributed by atoms with Crippen molar-refractivity contribution in [1.82, 2.24) is 0 Å². The first kappa shape index (κ1) is 21.6. The molecule has 2 aliphatic carbocycles. The molecule has 2 aromatic rings. The zero-order valence-corrected chi connectivity index (χ0v) is 19.2. The molecule has 1 aliphatic heterocycles. The van der Waals surface area contributed by atoms with Gasteiger partial charge in [-0.1, -0.05) is 54.1 Å². The monoisotopic (exact) mass is 452 g/mol. The van der Waals surface area contributed by atoms with Gasteiger partial charge in [0.2, 0.25) is 0 Å². The van der Waals surface area contributed by atoms with Crippen molar-refractivity contribution >= 4 is 11.6 Å². The lowest BCUT2D eigenvalue weighted by molar-refractivity contribution is -0.181. The van der Waals surface area contributed by atoms with Crippen molar-refractivity contribution in [3.8, 4) is 0 Å². The molecular formula is C27H29ClO4. The molecule has 0 bridgehead atoms. The Labute approximate surface area is 194 Å². The molecule has 1 N–H and O–H groups in total. The molecule has 0 saturated heterocycles. The van der Waals surface area contributed by atoms with E-state index >= 15 is 0 Å². The third-order valence-corrected chi connectivity index (χ3v) is 7.17. The SMILES string of the molecule is CCOC1=CC2=C(C3C(c4ccc(Cl)cc4)CC(c4ccccc4)C3O2)C(O)(OCC)C1. The summed E-state index contributed by atoms with van der Waals surface area (Å²) in [5.41, 5.74) is 3.32. The fourth-order valence-electron chi connectivity index (χ4n) is 5.75. The summed E-state index contributed by atoms with van der Waals surface area (Å²) in [6, 6.07) is 18.6. The maximum Gasteiger partial charge on any atom is 0.199 e. The second kappa shape index (κ2) is 8.58. The van der Waals surface area contributed by atoms with Crippen LogP contribution in [0.15, 0.2) is 77.8 Å². The van der Waals surface area contributed by atoms with Crippen molar-refractivity contribution < 1.29 is 19.3 Å². The smallest absolute Gasteiger partial charge is 0.199 e. The van der Waals surface area contributed by atoms with Crippen LogP contribution in [-0.2, 0) is 14.2 Å². The Kier molecular flexibility index (Phi) is 5.79. The molecule has 168 valence electrons. The second-order valence-corrected chi connectivity index (χ2v) is 9.17. The summed E-state index contributed by atoms with van der Waals surface area (Å²) in [6.07, 6.45) is 3.10. The van der Waals surface area contributed by atoms with Gasteiger partial charge in [0.05, 0.1) is 13.0 Å². The largest absolute Gasteiger partial charge is 0.498 e. The quantitative estimate of drug-likeness (QED) is 0.552. The number of aliphatic hydroxyl groups is 1. The molecule has 5 unspecified atom stereocenters. The van der Waals surface area contributed by atoms with E-state index in [0.717, 1.165) is 17.0 Å².